The van der Waals surface area contributed by atoms with E-state index in [4.69, 9.17) is 10.5 Å². The number of rotatable bonds is 4. The monoisotopic (exact) mass is 303 g/mol. The number of morpholine rings is 1. The minimum Gasteiger partial charge on any atom is -0.379 e. The van der Waals surface area contributed by atoms with Crippen LogP contribution in [0.1, 0.15) is 35.2 Å². The third-order valence-corrected chi connectivity index (χ3v) is 4.53. The minimum absolute atomic E-state index is 0.335. The number of carbonyl (C=O) groups is 1. The molecule has 0 unspecified atom stereocenters. The van der Waals surface area contributed by atoms with Crippen molar-refractivity contribution in [3.05, 3.63) is 29.3 Å². The van der Waals surface area contributed by atoms with E-state index in [9.17, 15) is 4.79 Å². The lowest BCUT2D eigenvalue weighted by Crippen LogP contribution is -2.36. The molecular formula is C17H25N3O2. The van der Waals surface area contributed by atoms with Crippen molar-refractivity contribution in [2.75, 3.05) is 44.3 Å². The fourth-order valence-corrected chi connectivity index (χ4v) is 3.30. The number of carbonyl (C=O) groups excluding carboxylic acids is 1. The first-order valence-electron chi connectivity index (χ1n) is 8.22. The molecule has 0 bridgehead atoms. The highest BCUT2D eigenvalue weighted by Crippen LogP contribution is 2.26. The molecule has 2 heterocycles. The first kappa shape index (κ1) is 15.3. The number of hydrogen-bond donors (Lipinski definition) is 1. The zero-order chi connectivity index (χ0) is 15.4. The average molecular weight is 303 g/mol. The molecule has 0 aliphatic carbocycles. The quantitative estimate of drug-likeness (QED) is 0.918. The summed E-state index contributed by atoms with van der Waals surface area (Å²) >= 11 is 0. The van der Waals surface area contributed by atoms with E-state index in [0.29, 0.717) is 5.56 Å². The highest BCUT2D eigenvalue weighted by Gasteiger charge is 2.19. The molecule has 1 amide bonds. The molecule has 2 N–H and O–H groups in total. The van der Waals surface area contributed by atoms with Gasteiger partial charge in [0.05, 0.1) is 18.8 Å². The number of benzene rings is 1. The van der Waals surface area contributed by atoms with Gasteiger partial charge in [0.15, 0.2) is 0 Å². The summed E-state index contributed by atoms with van der Waals surface area (Å²) in [5.41, 5.74) is 8.46. The summed E-state index contributed by atoms with van der Waals surface area (Å²) in [6.45, 7) is 6.48. The molecule has 1 aromatic rings. The molecule has 120 valence electrons. The van der Waals surface area contributed by atoms with Crippen LogP contribution in [-0.4, -0.2) is 50.2 Å². The van der Waals surface area contributed by atoms with Crippen molar-refractivity contribution in [2.24, 2.45) is 5.73 Å². The molecule has 0 atom stereocenters. The van der Waals surface area contributed by atoms with Crippen LogP contribution >= 0.6 is 0 Å². The number of anilines is 1. The summed E-state index contributed by atoms with van der Waals surface area (Å²) in [6.07, 6.45) is 3.65. The zero-order valence-corrected chi connectivity index (χ0v) is 13.1. The molecule has 2 saturated heterocycles. The Bertz CT molecular complexity index is 521. The first-order chi connectivity index (χ1) is 10.7. The SMILES string of the molecule is NC(=O)c1ccc(CN2CCOCC2)cc1N1CCCCC1. The van der Waals surface area contributed by atoms with E-state index in [2.05, 4.69) is 15.9 Å². The van der Waals surface area contributed by atoms with E-state index < -0.39 is 0 Å². The molecule has 2 aliphatic rings. The fraction of sp³-hybridized carbons (Fsp3) is 0.588. The van der Waals surface area contributed by atoms with Crippen molar-refractivity contribution < 1.29 is 9.53 Å². The van der Waals surface area contributed by atoms with Crippen molar-refractivity contribution in [2.45, 2.75) is 25.8 Å². The molecule has 22 heavy (non-hydrogen) atoms. The van der Waals surface area contributed by atoms with Crippen molar-refractivity contribution in [3.8, 4) is 0 Å². The number of hydrogen-bond acceptors (Lipinski definition) is 4. The van der Waals surface area contributed by atoms with Crippen LogP contribution in [0.4, 0.5) is 5.69 Å². The minimum atomic E-state index is -0.335. The molecule has 5 nitrogen and oxygen atoms in total. The Morgan fingerprint density at radius 2 is 1.82 bits per heavy atom. The maximum absolute atomic E-state index is 11.7. The van der Waals surface area contributed by atoms with Gasteiger partial charge in [-0.15, -0.1) is 0 Å². The number of amides is 1. The largest absolute Gasteiger partial charge is 0.379 e. The van der Waals surface area contributed by atoms with Gasteiger partial charge in [0, 0.05) is 38.4 Å². The lowest BCUT2D eigenvalue weighted by molar-refractivity contribution is 0.0342. The summed E-state index contributed by atoms with van der Waals surface area (Å²) < 4.78 is 5.40. The lowest BCUT2D eigenvalue weighted by atomic mass is 10.0. The third kappa shape index (κ3) is 3.59. The standard InChI is InChI=1S/C17H25N3O2/c18-17(21)15-5-4-14(13-19-8-10-22-11-9-19)12-16(15)20-6-2-1-3-7-20/h4-5,12H,1-3,6-11,13H2,(H2,18,21). The number of piperidine rings is 1. The van der Waals surface area contributed by atoms with Gasteiger partial charge in [0.25, 0.3) is 5.91 Å². The van der Waals surface area contributed by atoms with Crippen LogP contribution in [0, 0.1) is 0 Å². The van der Waals surface area contributed by atoms with Crippen molar-refractivity contribution in [1.29, 1.82) is 0 Å². The van der Waals surface area contributed by atoms with Crippen LogP contribution in [0.3, 0.4) is 0 Å². The normalized spacial score (nSPS) is 20.1. The van der Waals surface area contributed by atoms with Gasteiger partial charge in [-0.25, -0.2) is 0 Å². The second-order valence-corrected chi connectivity index (χ2v) is 6.15. The van der Waals surface area contributed by atoms with Gasteiger partial charge in [-0.1, -0.05) is 6.07 Å². The molecular weight excluding hydrogens is 278 g/mol. The predicted molar refractivity (Wildman–Crippen MR) is 87.1 cm³/mol. The Morgan fingerprint density at radius 1 is 1.09 bits per heavy atom. The third-order valence-electron chi connectivity index (χ3n) is 4.53. The maximum atomic E-state index is 11.7. The smallest absolute Gasteiger partial charge is 0.250 e. The van der Waals surface area contributed by atoms with Crippen LogP contribution in [-0.2, 0) is 11.3 Å². The number of nitrogens with two attached hydrogens (primary N) is 1. The summed E-state index contributed by atoms with van der Waals surface area (Å²) in [5.74, 6) is -0.335. The molecule has 2 fully saturated rings. The fourth-order valence-electron chi connectivity index (χ4n) is 3.30. The topological polar surface area (TPSA) is 58.8 Å². The van der Waals surface area contributed by atoms with Crippen LogP contribution in [0.2, 0.25) is 0 Å². The molecule has 0 spiro atoms. The van der Waals surface area contributed by atoms with Gasteiger partial charge in [0.2, 0.25) is 0 Å². The van der Waals surface area contributed by atoms with Crippen LogP contribution in [0.5, 0.6) is 0 Å². The van der Waals surface area contributed by atoms with E-state index in [1.54, 1.807) is 0 Å². The van der Waals surface area contributed by atoms with Crippen LogP contribution in [0.15, 0.2) is 18.2 Å². The highest BCUT2D eigenvalue weighted by atomic mass is 16.5. The van der Waals surface area contributed by atoms with Gasteiger partial charge >= 0.3 is 0 Å². The number of primary amides is 1. The van der Waals surface area contributed by atoms with Crippen LogP contribution < -0.4 is 10.6 Å². The maximum Gasteiger partial charge on any atom is 0.250 e. The van der Waals surface area contributed by atoms with Crippen molar-refractivity contribution >= 4 is 11.6 Å². The summed E-state index contributed by atoms with van der Waals surface area (Å²) in [5, 5.41) is 0. The van der Waals surface area contributed by atoms with E-state index >= 15 is 0 Å². The van der Waals surface area contributed by atoms with Gasteiger partial charge < -0.3 is 15.4 Å². The van der Waals surface area contributed by atoms with E-state index in [0.717, 1.165) is 51.6 Å². The number of nitrogens with zero attached hydrogens (tertiary/aromatic N) is 2. The van der Waals surface area contributed by atoms with Crippen molar-refractivity contribution in [1.82, 2.24) is 4.90 Å². The Morgan fingerprint density at radius 3 is 2.50 bits per heavy atom. The Labute approximate surface area is 132 Å². The van der Waals surface area contributed by atoms with Gasteiger partial charge in [-0.05, 0) is 37.0 Å². The Kier molecular flexibility index (Phi) is 4.95. The molecule has 1 aromatic carbocycles. The first-order valence-corrected chi connectivity index (χ1v) is 8.22. The van der Waals surface area contributed by atoms with Gasteiger partial charge in [-0.3, -0.25) is 9.69 Å². The molecule has 3 rings (SSSR count). The second kappa shape index (κ2) is 7.11. The summed E-state index contributed by atoms with van der Waals surface area (Å²) in [6, 6.07) is 6.08. The van der Waals surface area contributed by atoms with Gasteiger partial charge in [0.1, 0.15) is 0 Å². The van der Waals surface area contributed by atoms with Gasteiger partial charge in [-0.2, -0.15) is 0 Å². The highest BCUT2D eigenvalue weighted by molar-refractivity contribution is 5.98. The molecule has 0 aromatic heterocycles. The molecule has 2 aliphatic heterocycles. The molecule has 0 saturated carbocycles. The predicted octanol–water partition coefficient (Wildman–Crippen LogP) is 1.61. The zero-order valence-electron chi connectivity index (χ0n) is 13.1. The van der Waals surface area contributed by atoms with E-state index in [-0.39, 0.29) is 5.91 Å². The molecule has 5 heteroatoms. The van der Waals surface area contributed by atoms with E-state index in [1.165, 1.54) is 24.8 Å². The molecule has 0 radical (unpaired) electrons. The Balaban J connectivity index is 1.80. The average Bonchev–Trinajstić information content (AvgIpc) is 2.56. The number of ether oxygens (including phenoxy) is 1. The van der Waals surface area contributed by atoms with Crippen LogP contribution in [0.25, 0.3) is 0 Å². The van der Waals surface area contributed by atoms with E-state index in [1.807, 2.05) is 12.1 Å². The summed E-state index contributed by atoms with van der Waals surface area (Å²) in [7, 11) is 0. The Hall–Kier alpha value is -1.59. The lowest BCUT2D eigenvalue weighted by Gasteiger charge is -2.31. The van der Waals surface area contributed by atoms with Crippen molar-refractivity contribution in [3.63, 3.8) is 0 Å². The second-order valence-electron chi connectivity index (χ2n) is 6.15. The summed E-state index contributed by atoms with van der Waals surface area (Å²) in [4.78, 5) is 16.4.